The van der Waals surface area contributed by atoms with E-state index in [2.05, 4.69) is 5.10 Å². The van der Waals surface area contributed by atoms with Gasteiger partial charge in [-0.3, -0.25) is 9.48 Å². The number of carbonyl (C=O) groups is 1. The van der Waals surface area contributed by atoms with Crippen LogP contribution in [-0.2, 0) is 7.05 Å². The third kappa shape index (κ3) is 2.21. The van der Waals surface area contributed by atoms with Crippen LogP contribution >= 0.6 is 0 Å². The van der Waals surface area contributed by atoms with E-state index in [9.17, 15) is 4.79 Å². The second kappa shape index (κ2) is 5.00. The molecular formula is C13H22N4O. The van der Waals surface area contributed by atoms with E-state index in [1.54, 1.807) is 11.7 Å². The normalized spacial score (nSPS) is 15.5. The lowest BCUT2D eigenvalue weighted by Crippen LogP contribution is -2.38. The molecule has 2 rings (SSSR count). The molecule has 5 nitrogen and oxygen atoms in total. The summed E-state index contributed by atoms with van der Waals surface area (Å²) in [4.78, 5) is 14.4. The molecule has 0 unspecified atom stereocenters. The minimum atomic E-state index is 0.00463. The summed E-state index contributed by atoms with van der Waals surface area (Å²) in [6.45, 7) is 5.41. The number of hydrogen-bond donors (Lipinski definition) is 1. The molecule has 2 N–H and O–H groups in total. The molecule has 18 heavy (non-hydrogen) atoms. The Labute approximate surface area is 108 Å². The first kappa shape index (κ1) is 12.9. The largest absolute Gasteiger partial charge is 0.395 e. The maximum absolute atomic E-state index is 12.5. The SMILES string of the molecule is CCN(CC1CCC1)C(=O)c1c(N)c(C)nn1C. The minimum absolute atomic E-state index is 0.00463. The zero-order valence-electron chi connectivity index (χ0n) is 11.4. The summed E-state index contributed by atoms with van der Waals surface area (Å²) in [5, 5.41) is 4.21. The number of carbonyl (C=O) groups excluding carboxylic acids is 1. The molecule has 0 bridgehead atoms. The van der Waals surface area contributed by atoms with Crippen LogP contribution in [0.15, 0.2) is 0 Å². The smallest absolute Gasteiger partial charge is 0.274 e. The van der Waals surface area contributed by atoms with Gasteiger partial charge in [0.25, 0.3) is 5.91 Å². The second-order valence-electron chi connectivity index (χ2n) is 5.11. The highest BCUT2D eigenvalue weighted by Gasteiger charge is 2.26. The zero-order valence-corrected chi connectivity index (χ0v) is 11.4. The number of nitrogens with two attached hydrogens (primary N) is 1. The van der Waals surface area contributed by atoms with Crippen LogP contribution in [-0.4, -0.2) is 33.7 Å². The maximum Gasteiger partial charge on any atom is 0.274 e. The fourth-order valence-corrected chi connectivity index (χ4v) is 2.42. The molecule has 1 fully saturated rings. The summed E-state index contributed by atoms with van der Waals surface area (Å²) >= 11 is 0. The number of aryl methyl sites for hydroxylation is 2. The first-order valence-corrected chi connectivity index (χ1v) is 6.63. The monoisotopic (exact) mass is 250 g/mol. The van der Waals surface area contributed by atoms with Crippen molar-refractivity contribution in [2.75, 3.05) is 18.8 Å². The van der Waals surface area contributed by atoms with Gasteiger partial charge in [0.2, 0.25) is 0 Å². The summed E-state index contributed by atoms with van der Waals surface area (Å²) in [6.07, 6.45) is 3.77. The first-order chi connectivity index (χ1) is 8.54. The molecule has 1 aromatic heterocycles. The lowest BCUT2D eigenvalue weighted by molar-refractivity contribution is 0.0696. The predicted molar refractivity (Wildman–Crippen MR) is 71.3 cm³/mol. The molecule has 1 saturated carbocycles. The first-order valence-electron chi connectivity index (χ1n) is 6.63. The van der Waals surface area contributed by atoms with Gasteiger partial charge in [-0.05, 0) is 32.6 Å². The summed E-state index contributed by atoms with van der Waals surface area (Å²) in [5.41, 5.74) is 7.70. The van der Waals surface area contributed by atoms with Crippen molar-refractivity contribution in [3.05, 3.63) is 11.4 Å². The van der Waals surface area contributed by atoms with Gasteiger partial charge in [-0.1, -0.05) is 6.42 Å². The van der Waals surface area contributed by atoms with Crippen molar-refractivity contribution in [3.63, 3.8) is 0 Å². The number of anilines is 1. The minimum Gasteiger partial charge on any atom is -0.395 e. The molecule has 1 aliphatic rings. The van der Waals surface area contributed by atoms with Crippen LogP contribution in [0.25, 0.3) is 0 Å². The number of nitrogen functional groups attached to an aromatic ring is 1. The highest BCUT2D eigenvalue weighted by atomic mass is 16.2. The van der Waals surface area contributed by atoms with Crippen molar-refractivity contribution in [1.29, 1.82) is 0 Å². The molecule has 5 heteroatoms. The Morgan fingerprint density at radius 1 is 1.56 bits per heavy atom. The quantitative estimate of drug-likeness (QED) is 0.882. The van der Waals surface area contributed by atoms with Crippen LogP contribution in [0.3, 0.4) is 0 Å². The third-order valence-corrected chi connectivity index (χ3v) is 3.84. The van der Waals surface area contributed by atoms with Gasteiger partial charge in [-0.2, -0.15) is 5.10 Å². The molecule has 0 radical (unpaired) electrons. The van der Waals surface area contributed by atoms with E-state index in [1.165, 1.54) is 19.3 Å². The average Bonchev–Trinajstić information content (AvgIpc) is 2.51. The highest BCUT2D eigenvalue weighted by Crippen LogP contribution is 2.28. The van der Waals surface area contributed by atoms with Crippen molar-refractivity contribution >= 4 is 11.6 Å². The Balaban J connectivity index is 2.16. The van der Waals surface area contributed by atoms with E-state index in [0.29, 0.717) is 17.3 Å². The van der Waals surface area contributed by atoms with Crippen molar-refractivity contribution < 1.29 is 4.79 Å². The number of rotatable bonds is 4. The van der Waals surface area contributed by atoms with Crippen LogP contribution in [0, 0.1) is 12.8 Å². The fraction of sp³-hybridized carbons (Fsp3) is 0.692. The molecule has 1 amide bonds. The Hall–Kier alpha value is -1.52. The van der Waals surface area contributed by atoms with Crippen molar-refractivity contribution in [2.45, 2.75) is 33.1 Å². The molecule has 1 aromatic rings. The van der Waals surface area contributed by atoms with E-state index in [0.717, 1.165) is 18.8 Å². The van der Waals surface area contributed by atoms with E-state index in [-0.39, 0.29) is 5.91 Å². The number of amides is 1. The Bertz CT molecular complexity index is 448. The lowest BCUT2D eigenvalue weighted by Gasteiger charge is -2.31. The fourth-order valence-electron chi connectivity index (χ4n) is 2.42. The molecule has 0 spiro atoms. The molecule has 1 aliphatic carbocycles. The van der Waals surface area contributed by atoms with Gasteiger partial charge in [0.15, 0.2) is 0 Å². The molecule has 1 heterocycles. The van der Waals surface area contributed by atoms with Crippen LogP contribution in [0.1, 0.15) is 42.4 Å². The van der Waals surface area contributed by atoms with Gasteiger partial charge >= 0.3 is 0 Å². The summed E-state index contributed by atoms with van der Waals surface area (Å²) in [6, 6.07) is 0. The van der Waals surface area contributed by atoms with Crippen molar-refractivity contribution in [2.24, 2.45) is 13.0 Å². The molecule has 0 atom stereocenters. The standard InChI is InChI=1S/C13H22N4O/c1-4-17(8-10-6-5-7-10)13(18)12-11(14)9(2)15-16(12)3/h10H,4-8,14H2,1-3H3. The van der Waals surface area contributed by atoms with Crippen LogP contribution in [0.5, 0.6) is 0 Å². The predicted octanol–water partition coefficient (Wildman–Crippen LogP) is 1.57. The van der Waals surface area contributed by atoms with Gasteiger partial charge in [-0.15, -0.1) is 0 Å². The van der Waals surface area contributed by atoms with Gasteiger partial charge in [0.1, 0.15) is 5.69 Å². The average molecular weight is 250 g/mol. The Kier molecular flexibility index (Phi) is 3.59. The van der Waals surface area contributed by atoms with E-state index in [4.69, 9.17) is 5.73 Å². The number of hydrogen-bond acceptors (Lipinski definition) is 3. The van der Waals surface area contributed by atoms with Gasteiger partial charge in [0.05, 0.1) is 11.4 Å². The van der Waals surface area contributed by atoms with Crippen LogP contribution in [0.2, 0.25) is 0 Å². The summed E-state index contributed by atoms with van der Waals surface area (Å²) in [5.74, 6) is 0.675. The van der Waals surface area contributed by atoms with E-state index >= 15 is 0 Å². The van der Waals surface area contributed by atoms with Gasteiger partial charge < -0.3 is 10.6 Å². The molecule has 100 valence electrons. The van der Waals surface area contributed by atoms with Gasteiger partial charge in [0, 0.05) is 20.1 Å². The van der Waals surface area contributed by atoms with Crippen LogP contribution < -0.4 is 5.73 Å². The van der Waals surface area contributed by atoms with E-state index < -0.39 is 0 Å². The molecule has 0 aromatic carbocycles. The lowest BCUT2D eigenvalue weighted by atomic mass is 9.85. The van der Waals surface area contributed by atoms with Crippen molar-refractivity contribution in [1.82, 2.24) is 14.7 Å². The zero-order chi connectivity index (χ0) is 13.3. The number of aromatic nitrogens is 2. The topological polar surface area (TPSA) is 64.2 Å². The molecule has 0 aliphatic heterocycles. The summed E-state index contributed by atoms with van der Waals surface area (Å²) < 4.78 is 1.59. The molecule has 0 saturated heterocycles. The Morgan fingerprint density at radius 3 is 2.61 bits per heavy atom. The van der Waals surface area contributed by atoms with Crippen LogP contribution in [0.4, 0.5) is 5.69 Å². The highest BCUT2D eigenvalue weighted by molar-refractivity contribution is 5.98. The third-order valence-electron chi connectivity index (χ3n) is 3.84. The van der Waals surface area contributed by atoms with Crippen molar-refractivity contribution in [3.8, 4) is 0 Å². The van der Waals surface area contributed by atoms with E-state index in [1.807, 2.05) is 18.7 Å². The molecular weight excluding hydrogens is 228 g/mol. The number of nitrogens with zero attached hydrogens (tertiary/aromatic N) is 3. The summed E-state index contributed by atoms with van der Waals surface area (Å²) in [7, 11) is 1.77. The van der Waals surface area contributed by atoms with Gasteiger partial charge in [-0.25, -0.2) is 0 Å². The maximum atomic E-state index is 12.5. The Morgan fingerprint density at radius 2 is 2.22 bits per heavy atom. The second-order valence-corrected chi connectivity index (χ2v) is 5.11.